The van der Waals surface area contributed by atoms with Crippen molar-refractivity contribution in [3.63, 3.8) is 0 Å². The van der Waals surface area contributed by atoms with E-state index in [9.17, 15) is 9.59 Å². The number of esters is 1. The van der Waals surface area contributed by atoms with Crippen LogP contribution in [0.1, 0.15) is 42.8 Å². The first-order valence-corrected chi connectivity index (χ1v) is 10.1. The minimum absolute atomic E-state index is 0.118. The van der Waals surface area contributed by atoms with Crippen molar-refractivity contribution in [3.8, 4) is 0 Å². The highest BCUT2D eigenvalue weighted by Crippen LogP contribution is 2.23. The van der Waals surface area contributed by atoms with Crippen LogP contribution in [-0.2, 0) is 14.3 Å². The lowest BCUT2D eigenvalue weighted by molar-refractivity contribution is -0.148. The molecule has 7 nitrogen and oxygen atoms in total. The third-order valence-corrected chi connectivity index (χ3v) is 5.06. The van der Waals surface area contributed by atoms with Crippen molar-refractivity contribution >= 4 is 17.8 Å². The van der Waals surface area contributed by atoms with Crippen molar-refractivity contribution in [1.82, 2.24) is 15.3 Å². The van der Waals surface area contributed by atoms with E-state index in [0.717, 1.165) is 22.9 Å². The number of benzene rings is 1. The molecule has 154 valence electrons. The van der Waals surface area contributed by atoms with Crippen LogP contribution in [-0.4, -0.2) is 41.5 Å². The molecule has 2 heterocycles. The lowest BCUT2D eigenvalue weighted by atomic mass is 9.95. The summed E-state index contributed by atoms with van der Waals surface area (Å²) < 4.78 is 5.17. The number of aryl methyl sites for hydroxylation is 2. The summed E-state index contributed by atoms with van der Waals surface area (Å²) >= 11 is 0. The number of carbonyl (C=O) groups is 2. The Morgan fingerprint density at radius 2 is 1.76 bits per heavy atom. The zero-order chi connectivity index (χ0) is 20.8. The molecular weight excluding hydrogens is 368 g/mol. The smallest absolute Gasteiger partial charge is 0.333 e. The van der Waals surface area contributed by atoms with Gasteiger partial charge in [-0.1, -0.05) is 30.3 Å². The number of rotatable bonds is 6. The number of carbonyl (C=O) groups excluding carboxylic acids is 2. The maximum absolute atomic E-state index is 12.9. The fourth-order valence-corrected chi connectivity index (χ4v) is 3.60. The van der Waals surface area contributed by atoms with E-state index in [1.807, 2.05) is 50.2 Å². The number of nitrogens with one attached hydrogen (secondary N) is 1. The van der Waals surface area contributed by atoms with Gasteiger partial charge < -0.3 is 15.0 Å². The van der Waals surface area contributed by atoms with Crippen LogP contribution in [0.5, 0.6) is 0 Å². The number of nitrogens with zero attached hydrogens (tertiary/aromatic N) is 3. The van der Waals surface area contributed by atoms with Crippen molar-refractivity contribution < 1.29 is 14.3 Å². The first kappa shape index (κ1) is 20.8. The van der Waals surface area contributed by atoms with Gasteiger partial charge in [-0.05, 0) is 45.2 Å². The van der Waals surface area contributed by atoms with Crippen molar-refractivity contribution in [1.29, 1.82) is 0 Å². The van der Waals surface area contributed by atoms with E-state index in [1.54, 1.807) is 6.92 Å². The van der Waals surface area contributed by atoms with Crippen LogP contribution >= 0.6 is 0 Å². The number of hydrogen-bond acceptors (Lipinski definition) is 6. The van der Waals surface area contributed by atoms with Gasteiger partial charge in [-0.3, -0.25) is 4.79 Å². The van der Waals surface area contributed by atoms with Gasteiger partial charge in [-0.15, -0.1) is 0 Å². The van der Waals surface area contributed by atoms with Crippen LogP contribution in [0.4, 0.5) is 5.95 Å². The van der Waals surface area contributed by atoms with E-state index in [-0.39, 0.29) is 18.4 Å². The summed E-state index contributed by atoms with van der Waals surface area (Å²) in [5, 5.41) is 2.90. The molecule has 0 aliphatic carbocycles. The lowest BCUT2D eigenvalue weighted by Gasteiger charge is -2.32. The third kappa shape index (κ3) is 5.31. The minimum atomic E-state index is -0.788. The molecule has 1 amide bonds. The molecule has 29 heavy (non-hydrogen) atoms. The second kappa shape index (κ2) is 9.49. The molecule has 0 saturated carbocycles. The number of amides is 1. The Kier molecular flexibility index (Phi) is 6.80. The number of piperidine rings is 1. The van der Waals surface area contributed by atoms with Crippen molar-refractivity contribution in [2.45, 2.75) is 39.7 Å². The minimum Gasteiger partial charge on any atom is -0.464 e. The molecule has 1 aliphatic rings. The molecule has 1 aromatic carbocycles. The van der Waals surface area contributed by atoms with Gasteiger partial charge in [0, 0.05) is 30.4 Å². The van der Waals surface area contributed by atoms with Crippen LogP contribution in [0.25, 0.3) is 0 Å². The number of ether oxygens (including phenoxy) is 1. The molecule has 1 N–H and O–H groups in total. The lowest BCUT2D eigenvalue weighted by Crippen LogP contribution is -2.44. The topological polar surface area (TPSA) is 84.4 Å². The van der Waals surface area contributed by atoms with Gasteiger partial charge in [0.05, 0.1) is 6.61 Å². The van der Waals surface area contributed by atoms with Gasteiger partial charge in [0.1, 0.15) is 0 Å². The number of anilines is 1. The van der Waals surface area contributed by atoms with Gasteiger partial charge in [0.2, 0.25) is 11.9 Å². The first-order chi connectivity index (χ1) is 14.0. The van der Waals surface area contributed by atoms with Crippen molar-refractivity contribution in [2.75, 3.05) is 24.6 Å². The average molecular weight is 396 g/mol. The Morgan fingerprint density at radius 1 is 1.14 bits per heavy atom. The molecule has 0 bridgehead atoms. The van der Waals surface area contributed by atoms with Crippen LogP contribution in [0.3, 0.4) is 0 Å². The molecule has 0 spiro atoms. The number of hydrogen-bond donors (Lipinski definition) is 1. The van der Waals surface area contributed by atoms with E-state index in [1.165, 1.54) is 0 Å². The highest BCUT2D eigenvalue weighted by atomic mass is 16.5. The fourth-order valence-electron chi connectivity index (χ4n) is 3.60. The van der Waals surface area contributed by atoms with Crippen LogP contribution in [0.2, 0.25) is 0 Å². The highest BCUT2D eigenvalue weighted by molar-refractivity contribution is 5.86. The molecular formula is C22H28N4O3. The van der Waals surface area contributed by atoms with Crippen molar-refractivity contribution in [2.24, 2.45) is 5.92 Å². The van der Waals surface area contributed by atoms with E-state index < -0.39 is 12.0 Å². The Hall–Kier alpha value is -2.96. The SMILES string of the molecule is CCOC(=O)C(NC(=O)C1CCN(c2nc(C)cc(C)n2)CC1)c1ccccc1. The van der Waals surface area contributed by atoms with Gasteiger partial charge in [0.15, 0.2) is 6.04 Å². The molecule has 1 atom stereocenters. The summed E-state index contributed by atoms with van der Waals surface area (Å²) in [6.07, 6.45) is 1.37. The second-order valence-electron chi connectivity index (χ2n) is 7.32. The van der Waals surface area contributed by atoms with Gasteiger partial charge >= 0.3 is 5.97 Å². The van der Waals surface area contributed by atoms with Crippen LogP contribution < -0.4 is 10.2 Å². The van der Waals surface area contributed by atoms with Crippen molar-refractivity contribution in [3.05, 3.63) is 53.3 Å². The molecule has 7 heteroatoms. The quantitative estimate of drug-likeness (QED) is 0.756. The first-order valence-electron chi connectivity index (χ1n) is 10.1. The monoisotopic (exact) mass is 396 g/mol. The van der Waals surface area contributed by atoms with E-state index >= 15 is 0 Å². The standard InChI is InChI=1S/C22H28N4O3/c1-4-29-21(28)19(17-8-6-5-7-9-17)25-20(27)18-10-12-26(13-11-18)22-23-15(2)14-16(3)24-22/h5-9,14,18-19H,4,10-13H2,1-3H3,(H,25,27). The Labute approximate surface area is 171 Å². The molecule has 3 rings (SSSR count). The molecule has 1 unspecified atom stereocenters. The summed E-state index contributed by atoms with van der Waals surface area (Å²) in [6, 6.07) is 10.4. The molecule has 2 aromatic rings. The summed E-state index contributed by atoms with van der Waals surface area (Å²) in [4.78, 5) is 36.4. The molecule has 0 radical (unpaired) electrons. The van der Waals surface area contributed by atoms with Gasteiger partial charge in [0.25, 0.3) is 0 Å². The molecule has 1 saturated heterocycles. The Balaban J connectivity index is 1.63. The predicted molar refractivity (Wildman–Crippen MR) is 110 cm³/mol. The molecule has 1 aliphatic heterocycles. The summed E-state index contributed by atoms with van der Waals surface area (Å²) in [5.74, 6) is 0.00820. The average Bonchev–Trinajstić information content (AvgIpc) is 2.72. The van der Waals surface area contributed by atoms with Gasteiger partial charge in [-0.2, -0.15) is 0 Å². The number of aromatic nitrogens is 2. The zero-order valence-electron chi connectivity index (χ0n) is 17.2. The van der Waals surface area contributed by atoms with E-state index in [2.05, 4.69) is 20.2 Å². The summed E-state index contributed by atoms with van der Waals surface area (Å²) in [5.41, 5.74) is 2.60. The largest absolute Gasteiger partial charge is 0.464 e. The van der Waals surface area contributed by atoms with E-state index in [4.69, 9.17) is 4.74 Å². The maximum Gasteiger partial charge on any atom is 0.333 e. The molecule has 1 fully saturated rings. The van der Waals surface area contributed by atoms with Gasteiger partial charge in [-0.25, -0.2) is 14.8 Å². The van der Waals surface area contributed by atoms with E-state index in [0.29, 0.717) is 25.9 Å². The fraction of sp³-hybridized carbons (Fsp3) is 0.455. The maximum atomic E-state index is 12.9. The van der Waals surface area contributed by atoms with Crippen LogP contribution in [0, 0.1) is 19.8 Å². The normalized spacial score (nSPS) is 15.6. The molecule has 1 aromatic heterocycles. The highest BCUT2D eigenvalue weighted by Gasteiger charge is 2.30. The third-order valence-electron chi connectivity index (χ3n) is 5.06. The Morgan fingerprint density at radius 3 is 2.34 bits per heavy atom. The summed E-state index contributed by atoms with van der Waals surface area (Å²) in [7, 11) is 0. The predicted octanol–water partition coefficient (Wildman–Crippen LogP) is 2.73. The zero-order valence-corrected chi connectivity index (χ0v) is 17.2. The summed E-state index contributed by atoms with van der Waals surface area (Å²) in [6.45, 7) is 7.35. The van der Waals surface area contributed by atoms with Crippen LogP contribution in [0.15, 0.2) is 36.4 Å². The Bertz CT molecular complexity index is 828. The second-order valence-corrected chi connectivity index (χ2v) is 7.32.